The molecular weight excluding hydrogens is 220 g/mol. The second-order valence-corrected chi connectivity index (χ2v) is 3.54. The fourth-order valence-corrected chi connectivity index (χ4v) is 1.26. The van der Waals surface area contributed by atoms with Crippen LogP contribution in [0, 0.1) is 0 Å². The average Bonchev–Trinajstić information content (AvgIpc) is 2.28. The molecule has 5 nitrogen and oxygen atoms in total. The minimum absolute atomic E-state index is 0.0765. The van der Waals surface area contributed by atoms with Gasteiger partial charge in [-0.15, -0.1) is 0 Å². The van der Waals surface area contributed by atoms with Gasteiger partial charge in [-0.05, 0) is 19.1 Å². The van der Waals surface area contributed by atoms with Crippen molar-refractivity contribution in [2.45, 2.75) is 13.3 Å². The van der Waals surface area contributed by atoms with Crippen LogP contribution in [-0.4, -0.2) is 24.6 Å². The zero-order valence-corrected chi connectivity index (χ0v) is 9.74. The van der Waals surface area contributed by atoms with E-state index >= 15 is 0 Å². The number of hydrogen-bond acceptors (Lipinski definition) is 3. The van der Waals surface area contributed by atoms with Gasteiger partial charge in [-0.3, -0.25) is 14.4 Å². The smallest absolute Gasteiger partial charge is 0.233 e. The van der Waals surface area contributed by atoms with Crippen molar-refractivity contribution >= 4 is 23.3 Å². The molecule has 0 unspecified atom stereocenters. The maximum atomic E-state index is 11.4. The van der Waals surface area contributed by atoms with E-state index in [4.69, 9.17) is 0 Å². The van der Waals surface area contributed by atoms with Crippen molar-refractivity contribution in [3.63, 3.8) is 0 Å². The Kier molecular flexibility index (Phi) is 4.39. The van der Waals surface area contributed by atoms with Gasteiger partial charge in [-0.25, -0.2) is 0 Å². The van der Waals surface area contributed by atoms with Crippen LogP contribution in [0.5, 0.6) is 0 Å². The molecule has 0 bridgehead atoms. The van der Waals surface area contributed by atoms with Crippen molar-refractivity contribution in [1.29, 1.82) is 0 Å². The lowest BCUT2D eigenvalue weighted by Crippen LogP contribution is -2.24. The predicted molar refractivity (Wildman–Crippen MR) is 63.8 cm³/mol. The Morgan fingerprint density at radius 1 is 1.18 bits per heavy atom. The normalized spacial score (nSPS) is 9.53. The van der Waals surface area contributed by atoms with E-state index in [9.17, 15) is 14.4 Å². The number of Topliss-reactive ketones (excluding diaryl/α,β-unsaturated/α-hetero) is 1. The average molecular weight is 234 g/mol. The highest BCUT2D eigenvalue weighted by Crippen LogP contribution is 2.11. The number of anilines is 1. The van der Waals surface area contributed by atoms with Gasteiger partial charge in [0.2, 0.25) is 11.8 Å². The molecule has 17 heavy (non-hydrogen) atoms. The third-order valence-corrected chi connectivity index (χ3v) is 2.15. The molecule has 5 heteroatoms. The number of ketones is 1. The minimum atomic E-state index is -0.412. The summed E-state index contributed by atoms with van der Waals surface area (Å²) in [7, 11) is 1.46. The lowest BCUT2D eigenvalue weighted by atomic mass is 10.1. The molecule has 0 aromatic heterocycles. The van der Waals surface area contributed by atoms with Gasteiger partial charge in [-0.1, -0.05) is 12.1 Å². The fourth-order valence-electron chi connectivity index (χ4n) is 1.26. The molecule has 0 spiro atoms. The SMILES string of the molecule is CNC(=O)CC(=O)Nc1cccc(C(C)=O)c1. The van der Waals surface area contributed by atoms with Crippen LogP contribution in [0.1, 0.15) is 23.7 Å². The number of nitrogens with one attached hydrogen (secondary N) is 2. The number of carbonyl (C=O) groups is 3. The number of benzene rings is 1. The van der Waals surface area contributed by atoms with Crippen LogP contribution in [0.2, 0.25) is 0 Å². The molecule has 0 atom stereocenters. The summed E-state index contributed by atoms with van der Waals surface area (Å²) < 4.78 is 0. The summed E-state index contributed by atoms with van der Waals surface area (Å²) in [6, 6.07) is 6.57. The Bertz CT molecular complexity index is 455. The first kappa shape index (κ1) is 12.9. The lowest BCUT2D eigenvalue weighted by Gasteiger charge is -2.05. The first-order valence-electron chi connectivity index (χ1n) is 5.14. The molecule has 0 fully saturated rings. The van der Waals surface area contributed by atoms with Crippen molar-refractivity contribution in [1.82, 2.24) is 5.32 Å². The van der Waals surface area contributed by atoms with Crippen LogP contribution in [0.3, 0.4) is 0 Å². The largest absolute Gasteiger partial charge is 0.359 e. The molecule has 0 aliphatic rings. The summed E-state index contributed by atoms with van der Waals surface area (Å²) in [5.41, 5.74) is 1.02. The van der Waals surface area contributed by atoms with Gasteiger partial charge < -0.3 is 10.6 Å². The van der Waals surface area contributed by atoms with E-state index in [0.29, 0.717) is 11.3 Å². The topological polar surface area (TPSA) is 75.3 Å². The highest BCUT2D eigenvalue weighted by atomic mass is 16.2. The van der Waals surface area contributed by atoms with Crippen LogP contribution >= 0.6 is 0 Å². The number of amides is 2. The molecule has 0 saturated heterocycles. The standard InChI is InChI=1S/C12H14N2O3/c1-8(15)9-4-3-5-10(6-9)14-12(17)7-11(16)13-2/h3-6H,7H2,1-2H3,(H,13,16)(H,14,17). The van der Waals surface area contributed by atoms with Gasteiger partial charge in [-0.2, -0.15) is 0 Å². The molecule has 90 valence electrons. The molecule has 0 radical (unpaired) electrons. The van der Waals surface area contributed by atoms with E-state index in [0.717, 1.165) is 0 Å². The summed E-state index contributed by atoms with van der Waals surface area (Å²) in [6.45, 7) is 1.45. The third-order valence-electron chi connectivity index (χ3n) is 2.15. The van der Waals surface area contributed by atoms with E-state index in [2.05, 4.69) is 10.6 Å². The molecular formula is C12H14N2O3. The summed E-state index contributed by atoms with van der Waals surface area (Å²) >= 11 is 0. The van der Waals surface area contributed by atoms with Crippen molar-refractivity contribution in [3.8, 4) is 0 Å². The summed E-state index contributed by atoms with van der Waals surface area (Å²) in [6.07, 6.45) is -0.235. The second-order valence-electron chi connectivity index (χ2n) is 3.54. The number of hydrogen-bond donors (Lipinski definition) is 2. The van der Waals surface area contributed by atoms with Crippen LogP contribution in [0.4, 0.5) is 5.69 Å². The van der Waals surface area contributed by atoms with Gasteiger partial charge in [0.05, 0.1) is 0 Å². The highest BCUT2D eigenvalue weighted by Gasteiger charge is 2.08. The van der Waals surface area contributed by atoms with E-state index < -0.39 is 5.91 Å². The zero-order valence-electron chi connectivity index (χ0n) is 9.74. The molecule has 0 aliphatic carbocycles. The first-order chi connectivity index (χ1) is 8.02. The first-order valence-corrected chi connectivity index (χ1v) is 5.14. The van der Waals surface area contributed by atoms with Crippen molar-refractivity contribution < 1.29 is 14.4 Å². The van der Waals surface area contributed by atoms with Crippen LogP contribution in [0.15, 0.2) is 24.3 Å². The predicted octanol–water partition coefficient (Wildman–Crippen LogP) is 0.964. The van der Waals surface area contributed by atoms with Crippen LogP contribution in [0.25, 0.3) is 0 Å². The number of rotatable bonds is 4. The summed E-state index contributed by atoms with van der Waals surface area (Å²) in [5.74, 6) is -0.845. The molecule has 0 saturated carbocycles. The summed E-state index contributed by atoms with van der Waals surface area (Å²) in [5, 5.41) is 4.91. The van der Waals surface area contributed by atoms with Gasteiger partial charge >= 0.3 is 0 Å². The lowest BCUT2D eigenvalue weighted by molar-refractivity contribution is -0.126. The van der Waals surface area contributed by atoms with Crippen molar-refractivity contribution in [3.05, 3.63) is 29.8 Å². The Morgan fingerprint density at radius 3 is 2.47 bits per heavy atom. The minimum Gasteiger partial charge on any atom is -0.359 e. The number of carbonyl (C=O) groups excluding carboxylic acids is 3. The Balaban J connectivity index is 2.68. The maximum absolute atomic E-state index is 11.4. The molecule has 2 amide bonds. The Labute approximate surface area is 99.2 Å². The van der Waals surface area contributed by atoms with E-state index in [1.54, 1.807) is 24.3 Å². The molecule has 0 aliphatic heterocycles. The van der Waals surface area contributed by atoms with Crippen LogP contribution in [-0.2, 0) is 9.59 Å². The van der Waals surface area contributed by atoms with Gasteiger partial charge in [0.15, 0.2) is 5.78 Å². The van der Waals surface area contributed by atoms with E-state index in [1.807, 2.05) is 0 Å². The Hall–Kier alpha value is -2.17. The quantitative estimate of drug-likeness (QED) is 0.602. The van der Waals surface area contributed by atoms with Crippen molar-refractivity contribution in [2.75, 3.05) is 12.4 Å². The van der Waals surface area contributed by atoms with E-state index in [-0.39, 0.29) is 18.1 Å². The van der Waals surface area contributed by atoms with Gasteiger partial charge in [0, 0.05) is 18.3 Å². The Morgan fingerprint density at radius 2 is 1.88 bits per heavy atom. The maximum Gasteiger partial charge on any atom is 0.233 e. The third kappa shape index (κ3) is 4.06. The highest BCUT2D eigenvalue weighted by molar-refractivity contribution is 6.04. The molecule has 1 rings (SSSR count). The molecule has 2 N–H and O–H groups in total. The van der Waals surface area contributed by atoms with Crippen LogP contribution < -0.4 is 10.6 Å². The van der Waals surface area contributed by atoms with E-state index in [1.165, 1.54) is 14.0 Å². The van der Waals surface area contributed by atoms with Gasteiger partial charge in [0.1, 0.15) is 6.42 Å². The van der Waals surface area contributed by atoms with Crippen molar-refractivity contribution in [2.24, 2.45) is 0 Å². The molecule has 0 heterocycles. The molecule has 1 aromatic carbocycles. The fraction of sp³-hybridized carbons (Fsp3) is 0.250. The summed E-state index contributed by atoms with van der Waals surface area (Å²) in [4.78, 5) is 33.5. The van der Waals surface area contributed by atoms with Gasteiger partial charge in [0.25, 0.3) is 0 Å². The zero-order chi connectivity index (χ0) is 12.8. The molecule has 1 aromatic rings. The second kappa shape index (κ2) is 5.79. The monoisotopic (exact) mass is 234 g/mol.